The Morgan fingerprint density at radius 3 is 2.38 bits per heavy atom. The zero-order valence-corrected chi connectivity index (χ0v) is 16.7. The number of hydrogen-bond donors (Lipinski definition) is 3. The molecule has 1 heterocycles. The topological polar surface area (TPSA) is 110 Å². The van der Waals surface area contributed by atoms with E-state index in [9.17, 15) is 18.4 Å². The SMILES string of the molecule is CO[NH+](O)c1ccc(S(=O)(=O)Nc2ccc(Cl)cc2C(=O)c2ccncc2)cc1. The Hall–Kier alpha value is -2.82. The van der Waals surface area contributed by atoms with Crippen molar-refractivity contribution in [1.82, 2.24) is 4.98 Å². The highest BCUT2D eigenvalue weighted by Gasteiger charge is 2.21. The zero-order valence-electron chi connectivity index (χ0n) is 15.2. The van der Waals surface area contributed by atoms with Crippen LogP contribution in [0, 0.1) is 0 Å². The van der Waals surface area contributed by atoms with Gasteiger partial charge in [-0.2, -0.15) is 10.0 Å². The summed E-state index contributed by atoms with van der Waals surface area (Å²) in [5.74, 6) is -0.400. The van der Waals surface area contributed by atoms with Crippen molar-refractivity contribution < 1.29 is 28.5 Å². The normalized spacial score (nSPS) is 12.4. The molecule has 0 saturated carbocycles. The van der Waals surface area contributed by atoms with Crippen LogP contribution in [-0.2, 0) is 14.9 Å². The standard InChI is InChI=1S/C19H16ClN3O5S/c1-28-23(25)15-3-5-16(6-4-15)29(26,27)22-18-7-2-14(20)12-17(18)19(24)13-8-10-21-11-9-13/h2-12,22,25H,1H3/p+1. The van der Waals surface area contributed by atoms with Gasteiger partial charge in [-0.3, -0.25) is 14.5 Å². The van der Waals surface area contributed by atoms with Crippen molar-refractivity contribution >= 4 is 38.8 Å². The van der Waals surface area contributed by atoms with Crippen LogP contribution in [0.4, 0.5) is 11.4 Å². The molecule has 1 atom stereocenters. The Morgan fingerprint density at radius 2 is 1.76 bits per heavy atom. The van der Waals surface area contributed by atoms with Crippen LogP contribution >= 0.6 is 11.6 Å². The largest absolute Gasteiger partial charge is 0.289 e. The van der Waals surface area contributed by atoms with Crippen molar-refractivity contribution in [1.29, 1.82) is 0 Å². The number of halogens is 1. The van der Waals surface area contributed by atoms with Gasteiger partial charge >= 0.3 is 0 Å². The molecule has 0 aliphatic heterocycles. The molecule has 0 saturated heterocycles. The van der Waals surface area contributed by atoms with Gasteiger partial charge in [0, 0.05) is 40.7 Å². The summed E-state index contributed by atoms with van der Waals surface area (Å²) in [6.07, 6.45) is 2.94. The molecule has 3 N–H and O–H groups in total. The number of carbonyl (C=O) groups excluding carboxylic acids is 1. The summed E-state index contributed by atoms with van der Waals surface area (Å²) < 4.78 is 28.0. The van der Waals surface area contributed by atoms with Gasteiger partial charge in [-0.1, -0.05) is 11.6 Å². The maximum absolute atomic E-state index is 12.8. The Kier molecular flexibility index (Phi) is 6.26. The Labute approximate surface area is 172 Å². The average Bonchev–Trinajstić information content (AvgIpc) is 2.74. The molecule has 0 radical (unpaired) electrons. The molecule has 150 valence electrons. The molecular weight excluding hydrogens is 418 g/mol. The third-order valence-corrected chi connectivity index (χ3v) is 5.63. The van der Waals surface area contributed by atoms with E-state index in [1.54, 1.807) is 0 Å². The van der Waals surface area contributed by atoms with Crippen LogP contribution < -0.4 is 9.95 Å². The lowest BCUT2D eigenvalue weighted by molar-refractivity contribution is -1.19. The van der Waals surface area contributed by atoms with E-state index in [1.807, 2.05) is 0 Å². The van der Waals surface area contributed by atoms with Crippen molar-refractivity contribution in [2.24, 2.45) is 0 Å². The molecule has 0 aliphatic carbocycles. The maximum Gasteiger partial charge on any atom is 0.261 e. The number of pyridine rings is 1. The molecule has 1 unspecified atom stereocenters. The highest BCUT2D eigenvalue weighted by atomic mass is 35.5. The van der Waals surface area contributed by atoms with E-state index in [1.165, 1.54) is 74.1 Å². The number of sulfonamides is 1. The van der Waals surface area contributed by atoms with Gasteiger partial charge in [0.2, 0.25) is 0 Å². The van der Waals surface area contributed by atoms with Gasteiger partial charge in [-0.25, -0.2) is 8.42 Å². The quantitative estimate of drug-likeness (QED) is 0.388. The fourth-order valence-electron chi connectivity index (χ4n) is 2.55. The number of carbonyl (C=O) groups is 1. The number of ketones is 1. The summed E-state index contributed by atoms with van der Waals surface area (Å²) in [4.78, 5) is 21.3. The van der Waals surface area contributed by atoms with Crippen LogP contribution in [0.3, 0.4) is 0 Å². The fourth-order valence-corrected chi connectivity index (χ4v) is 3.80. The molecular formula is C19H17ClN3O5S+. The highest BCUT2D eigenvalue weighted by molar-refractivity contribution is 7.92. The summed E-state index contributed by atoms with van der Waals surface area (Å²) in [5, 5.41) is 9.53. The minimum atomic E-state index is -4.00. The Balaban J connectivity index is 1.94. The minimum absolute atomic E-state index is 0.0533. The first-order valence-electron chi connectivity index (χ1n) is 8.29. The number of rotatable bonds is 7. The van der Waals surface area contributed by atoms with E-state index in [2.05, 4.69) is 9.71 Å². The van der Waals surface area contributed by atoms with Gasteiger partial charge in [0.15, 0.2) is 11.5 Å². The predicted octanol–water partition coefficient (Wildman–Crippen LogP) is 2.23. The second kappa shape index (κ2) is 8.68. The molecule has 3 aromatic rings. The third kappa shape index (κ3) is 4.78. The molecule has 10 heteroatoms. The van der Waals surface area contributed by atoms with Gasteiger partial charge < -0.3 is 0 Å². The summed E-state index contributed by atoms with van der Waals surface area (Å²) in [6.45, 7) is 0. The first-order valence-corrected chi connectivity index (χ1v) is 10.2. The molecule has 29 heavy (non-hydrogen) atoms. The van der Waals surface area contributed by atoms with Crippen molar-refractivity contribution in [3.05, 3.63) is 83.1 Å². The summed E-state index contributed by atoms with van der Waals surface area (Å²) in [7, 11) is -2.71. The van der Waals surface area contributed by atoms with Crippen LogP contribution in [0.15, 0.2) is 71.9 Å². The van der Waals surface area contributed by atoms with E-state index in [0.29, 0.717) is 16.3 Å². The van der Waals surface area contributed by atoms with E-state index < -0.39 is 15.8 Å². The van der Waals surface area contributed by atoms with E-state index in [4.69, 9.17) is 16.4 Å². The molecule has 0 amide bonds. The molecule has 1 aromatic heterocycles. The second-order valence-electron chi connectivity index (χ2n) is 5.89. The fraction of sp³-hybridized carbons (Fsp3) is 0.0526. The van der Waals surface area contributed by atoms with Gasteiger partial charge in [0.25, 0.3) is 10.0 Å². The highest BCUT2D eigenvalue weighted by Crippen LogP contribution is 2.26. The van der Waals surface area contributed by atoms with Crippen LogP contribution in [0.2, 0.25) is 5.02 Å². The molecule has 8 nitrogen and oxygen atoms in total. The van der Waals surface area contributed by atoms with Crippen LogP contribution in [-0.4, -0.2) is 31.5 Å². The minimum Gasteiger partial charge on any atom is -0.289 e. The molecule has 3 rings (SSSR count). The summed E-state index contributed by atoms with van der Waals surface area (Å²) in [6, 6.07) is 12.8. The van der Waals surface area contributed by atoms with Gasteiger partial charge in [-0.15, -0.1) is 0 Å². The number of benzene rings is 2. The number of nitrogens with one attached hydrogen (secondary N) is 2. The van der Waals surface area contributed by atoms with Gasteiger partial charge in [0.1, 0.15) is 7.11 Å². The monoisotopic (exact) mass is 434 g/mol. The van der Waals surface area contributed by atoms with Crippen LogP contribution in [0.25, 0.3) is 0 Å². The van der Waals surface area contributed by atoms with E-state index in [-0.39, 0.29) is 21.4 Å². The molecule has 0 spiro atoms. The number of quaternary nitrogens is 1. The molecule has 0 fully saturated rings. The lowest BCUT2D eigenvalue weighted by Crippen LogP contribution is -3.03. The van der Waals surface area contributed by atoms with Crippen molar-refractivity contribution in [3.8, 4) is 0 Å². The lowest BCUT2D eigenvalue weighted by Gasteiger charge is -2.13. The van der Waals surface area contributed by atoms with Crippen molar-refractivity contribution in [3.63, 3.8) is 0 Å². The smallest absolute Gasteiger partial charge is 0.261 e. The summed E-state index contributed by atoms with van der Waals surface area (Å²) >= 11 is 6.02. The summed E-state index contributed by atoms with van der Waals surface area (Å²) in [5.41, 5.74) is 0.866. The number of nitrogens with zero attached hydrogens (tertiary/aromatic N) is 1. The Bertz CT molecular complexity index is 1120. The lowest BCUT2D eigenvalue weighted by atomic mass is 10.0. The number of anilines is 1. The third-order valence-electron chi connectivity index (χ3n) is 4.02. The van der Waals surface area contributed by atoms with E-state index >= 15 is 0 Å². The van der Waals surface area contributed by atoms with E-state index in [0.717, 1.165) is 0 Å². The van der Waals surface area contributed by atoms with Gasteiger partial charge in [0.05, 0.1) is 10.6 Å². The first-order chi connectivity index (χ1) is 13.8. The number of aromatic nitrogens is 1. The Morgan fingerprint density at radius 1 is 1.10 bits per heavy atom. The second-order valence-corrected chi connectivity index (χ2v) is 8.01. The molecule has 0 aliphatic rings. The number of hydrogen-bond acceptors (Lipinski definition) is 6. The van der Waals surface area contributed by atoms with Crippen LogP contribution in [0.1, 0.15) is 15.9 Å². The molecule has 2 aromatic carbocycles. The zero-order chi connectivity index (χ0) is 21.0. The van der Waals surface area contributed by atoms with Crippen molar-refractivity contribution in [2.75, 3.05) is 11.8 Å². The average molecular weight is 435 g/mol. The van der Waals surface area contributed by atoms with Gasteiger partial charge in [-0.05, 0) is 47.7 Å². The first kappa shape index (κ1) is 20.9. The predicted molar refractivity (Wildman–Crippen MR) is 106 cm³/mol. The maximum atomic E-state index is 12.8. The van der Waals surface area contributed by atoms with Crippen molar-refractivity contribution in [2.45, 2.75) is 4.90 Å². The van der Waals surface area contributed by atoms with Crippen LogP contribution in [0.5, 0.6) is 0 Å². The molecule has 0 bridgehead atoms.